The van der Waals surface area contributed by atoms with Crippen LogP contribution in [0.25, 0.3) is 11.1 Å². The van der Waals surface area contributed by atoms with Crippen LogP contribution in [0.5, 0.6) is 11.5 Å². The van der Waals surface area contributed by atoms with Gasteiger partial charge >= 0.3 is 0 Å². The topological polar surface area (TPSA) is 9.23 Å². The maximum atomic E-state index is 6.74. The van der Waals surface area contributed by atoms with Crippen LogP contribution in [0.15, 0.2) is 91.0 Å². The molecule has 4 aromatic rings. The molecule has 1 aliphatic heterocycles. The van der Waals surface area contributed by atoms with Gasteiger partial charge in [-0.1, -0.05) is 84.4 Å². The van der Waals surface area contributed by atoms with Crippen LogP contribution in [0, 0.1) is 0 Å². The van der Waals surface area contributed by atoms with Crippen LogP contribution in [0.4, 0.5) is 0 Å². The van der Waals surface area contributed by atoms with Crippen LogP contribution >= 0.6 is 11.6 Å². The number of rotatable bonds is 1. The molecule has 6 rings (SSSR count). The maximum Gasteiger partial charge on any atom is 0.132 e. The van der Waals surface area contributed by atoms with E-state index in [9.17, 15) is 0 Å². The van der Waals surface area contributed by atoms with Gasteiger partial charge in [-0.15, -0.1) is 0 Å². The third-order valence-electron chi connectivity index (χ3n) is 5.81. The van der Waals surface area contributed by atoms with E-state index >= 15 is 0 Å². The maximum absolute atomic E-state index is 6.74. The molecular formula is C25H15ClO. The van der Waals surface area contributed by atoms with Gasteiger partial charge in [-0.2, -0.15) is 0 Å². The molecule has 1 unspecified atom stereocenters. The summed E-state index contributed by atoms with van der Waals surface area (Å²) in [5.74, 6) is 1.78. The Morgan fingerprint density at radius 2 is 1.33 bits per heavy atom. The number of ether oxygens (including phenoxy) is 1. The van der Waals surface area contributed by atoms with E-state index in [1.54, 1.807) is 0 Å². The fraction of sp³-hybridized carbons (Fsp3) is 0.0400. The van der Waals surface area contributed by atoms with Crippen molar-refractivity contribution in [2.75, 3.05) is 0 Å². The van der Waals surface area contributed by atoms with E-state index < -0.39 is 5.41 Å². The first-order chi connectivity index (χ1) is 13.3. The zero-order valence-corrected chi connectivity index (χ0v) is 15.2. The Kier molecular flexibility index (Phi) is 2.93. The second-order valence-corrected chi connectivity index (χ2v) is 7.46. The summed E-state index contributed by atoms with van der Waals surface area (Å²) >= 11 is 6.74. The molecule has 128 valence electrons. The number of para-hydroxylation sites is 1. The van der Waals surface area contributed by atoms with Crippen molar-refractivity contribution in [1.82, 2.24) is 0 Å². The van der Waals surface area contributed by atoms with Gasteiger partial charge in [0, 0.05) is 21.7 Å². The summed E-state index contributed by atoms with van der Waals surface area (Å²) in [4.78, 5) is 0. The van der Waals surface area contributed by atoms with Crippen molar-refractivity contribution in [3.8, 4) is 22.6 Å². The number of benzene rings is 4. The molecule has 4 aromatic carbocycles. The predicted molar refractivity (Wildman–Crippen MR) is 109 cm³/mol. The van der Waals surface area contributed by atoms with Gasteiger partial charge in [0.15, 0.2) is 0 Å². The van der Waals surface area contributed by atoms with Gasteiger partial charge in [0.05, 0.1) is 5.41 Å². The van der Waals surface area contributed by atoms with Crippen molar-refractivity contribution in [3.05, 3.63) is 118 Å². The van der Waals surface area contributed by atoms with Gasteiger partial charge in [0.2, 0.25) is 0 Å². The summed E-state index contributed by atoms with van der Waals surface area (Å²) in [7, 11) is 0. The van der Waals surface area contributed by atoms with E-state index in [2.05, 4.69) is 72.8 Å². The second kappa shape index (κ2) is 5.25. The average Bonchev–Trinajstić information content (AvgIpc) is 3.05. The molecule has 2 aliphatic rings. The minimum Gasteiger partial charge on any atom is -0.457 e. The molecule has 0 spiro atoms. The largest absolute Gasteiger partial charge is 0.457 e. The van der Waals surface area contributed by atoms with Gasteiger partial charge < -0.3 is 4.74 Å². The van der Waals surface area contributed by atoms with Crippen molar-refractivity contribution in [3.63, 3.8) is 0 Å². The molecule has 0 aromatic heterocycles. The molecule has 1 heterocycles. The zero-order chi connectivity index (χ0) is 18.0. The van der Waals surface area contributed by atoms with E-state index in [-0.39, 0.29) is 0 Å². The Bertz CT molecular complexity index is 1210. The van der Waals surface area contributed by atoms with Crippen molar-refractivity contribution in [2.24, 2.45) is 0 Å². The van der Waals surface area contributed by atoms with Gasteiger partial charge in [-0.3, -0.25) is 0 Å². The van der Waals surface area contributed by atoms with Crippen molar-refractivity contribution < 1.29 is 4.74 Å². The number of fused-ring (bicyclic) bond motifs is 5. The molecule has 27 heavy (non-hydrogen) atoms. The summed E-state index contributed by atoms with van der Waals surface area (Å²) in [5.41, 5.74) is 6.67. The minimum atomic E-state index is -0.414. The lowest BCUT2D eigenvalue weighted by Gasteiger charge is -2.39. The third-order valence-corrected chi connectivity index (χ3v) is 6.12. The van der Waals surface area contributed by atoms with Crippen LogP contribution in [-0.4, -0.2) is 0 Å². The SMILES string of the molecule is Clc1ccc2c3c1-c1ccccc1C3(c1ccccc1)c1ccccc1O2. The molecule has 1 aliphatic carbocycles. The highest BCUT2D eigenvalue weighted by molar-refractivity contribution is 6.34. The van der Waals surface area contributed by atoms with Crippen molar-refractivity contribution in [2.45, 2.75) is 5.41 Å². The zero-order valence-electron chi connectivity index (χ0n) is 14.4. The summed E-state index contributed by atoms with van der Waals surface area (Å²) < 4.78 is 6.34. The van der Waals surface area contributed by atoms with Crippen LogP contribution in [-0.2, 0) is 5.41 Å². The van der Waals surface area contributed by atoms with Gasteiger partial charge in [-0.05, 0) is 34.9 Å². The summed E-state index contributed by atoms with van der Waals surface area (Å²) in [6.07, 6.45) is 0. The van der Waals surface area contributed by atoms with Gasteiger partial charge in [-0.25, -0.2) is 0 Å². The Hall–Kier alpha value is -3.03. The van der Waals surface area contributed by atoms with Gasteiger partial charge in [0.1, 0.15) is 11.5 Å². The molecule has 1 atom stereocenters. The van der Waals surface area contributed by atoms with E-state index in [0.29, 0.717) is 0 Å². The molecule has 1 nitrogen and oxygen atoms in total. The second-order valence-electron chi connectivity index (χ2n) is 7.06. The molecule has 0 radical (unpaired) electrons. The van der Waals surface area contributed by atoms with Gasteiger partial charge in [0.25, 0.3) is 0 Å². The van der Waals surface area contributed by atoms with Crippen LogP contribution in [0.2, 0.25) is 5.02 Å². The first-order valence-electron chi connectivity index (χ1n) is 9.07. The molecular weight excluding hydrogens is 352 g/mol. The lowest BCUT2D eigenvalue weighted by atomic mass is 9.66. The summed E-state index contributed by atoms with van der Waals surface area (Å²) in [5, 5.41) is 0.766. The van der Waals surface area contributed by atoms with Crippen LogP contribution in [0.3, 0.4) is 0 Å². The average molecular weight is 367 g/mol. The van der Waals surface area contributed by atoms with Crippen LogP contribution < -0.4 is 4.74 Å². The van der Waals surface area contributed by atoms with E-state index in [0.717, 1.165) is 33.2 Å². The Balaban J connectivity index is 1.89. The Morgan fingerprint density at radius 3 is 2.19 bits per heavy atom. The Morgan fingerprint density at radius 1 is 0.630 bits per heavy atom. The Labute approximate surface area is 162 Å². The van der Waals surface area contributed by atoms with Crippen molar-refractivity contribution in [1.29, 1.82) is 0 Å². The van der Waals surface area contributed by atoms with Crippen LogP contribution in [0.1, 0.15) is 22.3 Å². The smallest absolute Gasteiger partial charge is 0.132 e. The van der Waals surface area contributed by atoms with E-state index in [1.165, 1.54) is 16.7 Å². The molecule has 2 heteroatoms. The fourth-order valence-electron chi connectivity index (χ4n) is 4.85. The summed E-state index contributed by atoms with van der Waals surface area (Å²) in [6.45, 7) is 0. The highest BCUT2D eigenvalue weighted by atomic mass is 35.5. The fourth-order valence-corrected chi connectivity index (χ4v) is 5.11. The molecule has 0 bridgehead atoms. The predicted octanol–water partition coefficient (Wildman–Crippen LogP) is 6.81. The van der Waals surface area contributed by atoms with E-state index in [1.807, 2.05) is 18.2 Å². The lowest BCUT2D eigenvalue weighted by Crippen LogP contribution is -2.31. The molecule has 0 saturated heterocycles. The first-order valence-corrected chi connectivity index (χ1v) is 9.45. The quantitative estimate of drug-likeness (QED) is 0.310. The minimum absolute atomic E-state index is 0.414. The highest BCUT2D eigenvalue weighted by Gasteiger charge is 2.52. The third kappa shape index (κ3) is 1.75. The number of halogens is 1. The molecule has 0 amide bonds. The normalized spacial score (nSPS) is 18.3. The first kappa shape index (κ1) is 15.1. The number of hydrogen-bond acceptors (Lipinski definition) is 1. The lowest BCUT2D eigenvalue weighted by molar-refractivity contribution is 0.438. The molecule has 0 fully saturated rings. The van der Waals surface area contributed by atoms with Crippen molar-refractivity contribution >= 4 is 11.6 Å². The monoisotopic (exact) mass is 366 g/mol. The van der Waals surface area contributed by atoms with E-state index in [4.69, 9.17) is 16.3 Å². The molecule has 0 saturated carbocycles. The standard InChI is InChI=1S/C25H15ClO/c26-20-14-15-22-24-23(20)17-10-4-5-11-18(17)25(24,16-8-2-1-3-9-16)19-12-6-7-13-21(19)27-22/h1-15H. The number of hydrogen-bond donors (Lipinski definition) is 0. The summed E-state index contributed by atoms with van der Waals surface area (Å²) in [6, 6.07) is 31.6. The highest BCUT2D eigenvalue weighted by Crippen LogP contribution is 2.64. The molecule has 0 N–H and O–H groups in total.